The van der Waals surface area contributed by atoms with Gasteiger partial charge in [-0.25, -0.2) is 0 Å². The number of hydrogen-bond donors (Lipinski definition) is 1. The predicted octanol–water partition coefficient (Wildman–Crippen LogP) is 2.99. The summed E-state index contributed by atoms with van der Waals surface area (Å²) < 4.78 is 10.5. The molecule has 1 saturated heterocycles. The van der Waals surface area contributed by atoms with Crippen molar-refractivity contribution in [2.24, 2.45) is 11.3 Å². The topological polar surface area (TPSA) is 115 Å². The van der Waals surface area contributed by atoms with Gasteiger partial charge in [-0.3, -0.25) is 14.4 Å². The second kappa shape index (κ2) is 11.8. The summed E-state index contributed by atoms with van der Waals surface area (Å²) in [4.78, 5) is 45.6. The summed E-state index contributed by atoms with van der Waals surface area (Å²) >= 11 is 0. The van der Waals surface area contributed by atoms with Crippen LogP contribution >= 0.6 is 0 Å². The molecule has 2 fully saturated rings. The zero-order valence-electron chi connectivity index (χ0n) is 21.2. The fourth-order valence-electron chi connectivity index (χ4n) is 4.89. The zero-order chi connectivity index (χ0) is 25.5. The van der Waals surface area contributed by atoms with Gasteiger partial charge >= 0.3 is 0 Å². The number of benzene rings is 1. The lowest BCUT2D eigenvalue weighted by atomic mass is 9.84. The number of aryl methyl sites for hydroxylation is 1. The number of Topliss-reactive ketones (excluding diaryl/α,β-unsaturated/α-hetero) is 1. The van der Waals surface area contributed by atoms with Crippen molar-refractivity contribution >= 4 is 17.6 Å². The Morgan fingerprint density at radius 3 is 2.44 bits per heavy atom. The molecule has 1 aromatic carbocycles. The maximum absolute atomic E-state index is 13.6. The van der Waals surface area contributed by atoms with Gasteiger partial charge in [-0.1, -0.05) is 49.3 Å². The van der Waals surface area contributed by atoms with Crippen LogP contribution in [-0.2, 0) is 27.2 Å². The Morgan fingerprint density at radius 2 is 1.83 bits per heavy atom. The van der Waals surface area contributed by atoms with Crippen LogP contribution < -0.4 is 5.32 Å². The molecule has 1 saturated carbocycles. The smallest absolute Gasteiger partial charge is 0.240 e. The third kappa shape index (κ3) is 6.57. The quantitative estimate of drug-likeness (QED) is 0.449. The van der Waals surface area contributed by atoms with E-state index < -0.39 is 12.0 Å². The van der Waals surface area contributed by atoms with Crippen LogP contribution in [0, 0.1) is 11.3 Å². The highest BCUT2D eigenvalue weighted by Gasteiger charge is 2.46. The van der Waals surface area contributed by atoms with E-state index >= 15 is 0 Å². The summed E-state index contributed by atoms with van der Waals surface area (Å²) in [6.45, 7) is 5.79. The lowest BCUT2D eigenvalue weighted by Gasteiger charge is -2.30. The number of nitrogens with one attached hydrogen (secondary N) is 1. The van der Waals surface area contributed by atoms with Crippen molar-refractivity contribution < 1.29 is 23.6 Å². The van der Waals surface area contributed by atoms with E-state index in [4.69, 9.17) is 9.26 Å². The summed E-state index contributed by atoms with van der Waals surface area (Å²) in [5.41, 5.74) is 1.24. The second-order valence-corrected chi connectivity index (χ2v) is 9.96. The number of aromatic nitrogens is 2. The lowest BCUT2D eigenvalue weighted by Crippen LogP contribution is -2.46. The van der Waals surface area contributed by atoms with Gasteiger partial charge in [0.1, 0.15) is 0 Å². The first-order chi connectivity index (χ1) is 17.4. The van der Waals surface area contributed by atoms with E-state index in [0.717, 1.165) is 19.3 Å². The van der Waals surface area contributed by atoms with Crippen molar-refractivity contribution in [2.75, 3.05) is 26.3 Å². The maximum atomic E-state index is 13.6. The van der Waals surface area contributed by atoms with Crippen LogP contribution in [0.5, 0.6) is 0 Å². The van der Waals surface area contributed by atoms with Gasteiger partial charge in [-0.2, -0.15) is 4.98 Å². The molecule has 9 heteroatoms. The predicted molar refractivity (Wildman–Crippen MR) is 132 cm³/mol. The molecule has 2 aromatic rings. The number of nitrogens with zero attached hydrogens (tertiary/aromatic N) is 3. The first-order valence-electron chi connectivity index (χ1n) is 13.0. The first-order valence-corrected chi connectivity index (χ1v) is 13.0. The molecule has 194 valence electrons. The van der Waals surface area contributed by atoms with Crippen LogP contribution in [0.15, 0.2) is 34.9 Å². The Morgan fingerprint density at radius 1 is 1.11 bits per heavy atom. The highest BCUT2D eigenvalue weighted by molar-refractivity contribution is 5.99. The van der Waals surface area contributed by atoms with E-state index in [1.807, 2.05) is 32.0 Å². The van der Waals surface area contributed by atoms with Crippen molar-refractivity contribution in [1.82, 2.24) is 20.4 Å². The largest absolute Gasteiger partial charge is 0.378 e. The van der Waals surface area contributed by atoms with Gasteiger partial charge in [-0.15, -0.1) is 0 Å². The fraction of sp³-hybridized carbons (Fsp3) is 0.593. The van der Waals surface area contributed by atoms with E-state index in [1.165, 1.54) is 5.56 Å². The van der Waals surface area contributed by atoms with Crippen molar-refractivity contribution in [3.8, 4) is 0 Å². The molecule has 1 unspecified atom stereocenters. The monoisotopic (exact) mass is 496 g/mol. The van der Waals surface area contributed by atoms with Crippen LogP contribution in [0.3, 0.4) is 0 Å². The SMILES string of the molecule is CCc1nc(C(=O)[C@H](CC)NC(=O)C(CC(=O)N2CCOCC2)CC2(Cc3ccccc3)CC2)no1. The van der Waals surface area contributed by atoms with Crippen LogP contribution in [-0.4, -0.2) is 65.0 Å². The van der Waals surface area contributed by atoms with Gasteiger partial charge in [0.05, 0.1) is 19.3 Å². The number of carbonyl (C=O) groups is 3. The van der Waals surface area contributed by atoms with Gasteiger partial charge < -0.3 is 19.5 Å². The molecule has 2 heterocycles. The van der Waals surface area contributed by atoms with Crippen molar-refractivity contribution in [2.45, 2.75) is 64.8 Å². The van der Waals surface area contributed by atoms with Gasteiger partial charge in [-0.05, 0) is 43.1 Å². The Bertz CT molecular complexity index is 1040. The molecule has 2 amide bonds. The maximum Gasteiger partial charge on any atom is 0.240 e. The molecule has 1 aliphatic heterocycles. The van der Waals surface area contributed by atoms with Crippen molar-refractivity contribution in [3.05, 3.63) is 47.6 Å². The minimum atomic E-state index is -0.773. The van der Waals surface area contributed by atoms with Crippen LogP contribution in [0.2, 0.25) is 0 Å². The van der Waals surface area contributed by atoms with Gasteiger partial charge in [0.25, 0.3) is 0 Å². The standard InChI is InChI=1S/C27H36N4O5/c1-3-21(24(33)25-29-22(4-2)36-30-25)28-26(34)20(16-23(32)31-12-14-35-15-13-31)18-27(10-11-27)17-19-8-6-5-7-9-19/h5-9,20-21H,3-4,10-18H2,1-2H3,(H,28,34)/t20?,21-/m0/s1. The molecule has 0 radical (unpaired) electrons. The van der Waals surface area contributed by atoms with E-state index in [1.54, 1.807) is 4.90 Å². The first kappa shape index (κ1) is 26.0. The molecular formula is C27H36N4O5. The Kier molecular flexibility index (Phi) is 8.51. The summed E-state index contributed by atoms with van der Waals surface area (Å²) in [5.74, 6) is -0.856. The molecule has 0 spiro atoms. The zero-order valence-corrected chi connectivity index (χ0v) is 21.2. The number of hydrogen-bond acceptors (Lipinski definition) is 7. The van der Waals surface area contributed by atoms with E-state index in [9.17, 15) is 14.4 Å². The van der Waals surface area contributed by atoms with E-state index in [0.29, 0.717) is 51.5 Å². The number of amides is 2. The molecule has 0 bridgehead atoms. The molecule has 1 N–H and O–H groups in total. The van der Waals surface area contributed by atoms with Gasteiger partial charge in [0, 0.05) is 31.8 Å². The average Bonchev–Trinajstić information content (AvgIpc) is 3.48. The number of carbonyl (C=O) groups excluding carboxylic acids is 3. The molecule has 1 aromatic heterocycles. The summed E-state index contributed by atoms with van der Waals surface area (Å²) in [6, 6.07) is 9.48. The van der Waals surface area contributed by atoms with Crippen LogP contribution in [0.25, 0.3) is 0 Å². The average molecular weight is 497 g/mol. The number of ether oxygens (including phenoxy) is 1. The van der Waals surface area contributed by atoms with Crippen molar-refractivity contribution in [3.63, 3.8) is 0 Å². The fourth-order valence-corrected chi connectivity index (χ4v) is 4.89. The molecule has 36 heavy (non-hydrogen) atoms. The third-order valence-electron chi connectivity index (χ3n) is 7.25. The highest BCUT2D eigenvalue weighted by Crippen LogP contribution is 2.53. The number of morpholine rings is 1. The van der Waals surface area contributed by atoms with Gasteiger partial charge in [0.15, 0.2) is 0 Å². The van der Waals surface area contributed by atoms with Crippen LogP contribution in [0.4, 0.5) is 0 Å². The van der Waals surface area contributed by atoms with E-state index in [2.05, 4.69) is 27.6 Å². The van der Waals surface area contributed by atoms with Crippen molar-refractivity contribution in [1.29, 1.82) is 0 Å². The summed E-state index contributed by atoms with van der Waals surface area (Å²) in [5, 5.41) is 6.68. The molecule has 4 rings (SSSR count). The Hall–Kier alpha value is -3.07. The number of rotatable bonds is 12. The minimum Gasteiger partial charge on any atom is -0.378 e. The van der Waals surface area contributed by atoms with Crippen LogP contribution in [0.1, 0.15) is 68.0 Å². The lowest BCUT2D eigenvalue weighted by molar-refractivity contribution is -0.140. The highest BCUT2D eigenvalue weighted by atomic mass is 16.5. The van der Waals surface area contributed by atoms with E-state index in [-0.39, 0.29) is 35.3 Å². The molecule has 2 aliphatic rings. The Labute approximate surface area is 212 Å². The molecule has 9 nitrogen and oxygen atoms in total. The Balaban J connectivity index is 1.47. The molecule has 2 atom stereocenters. The minimum absolute atomic E-state index is 0.00403. The second-order valence-electron chi connectivity index (χ2n) is 9.96. The summed E-state index contributed by atoms with van der Waals surface area (Å²) in [7, 11) is 0. The summed E-state index contributed by atoms with van der Waals surface area (Å²) in [6.07, 6.45) is 4.57. The molecule has 1 aliphatic carbocycles. The molecular weight excluding hydrogens is 460 g/mol. The third-order valence-corrected chi connectivity index (χ3v) is 7.25. The normalized spacial score (nSPS) is 18.3. The van der Waals surface area contributed by atoms with Gasteiger partial charge in [0.2, 0.25) is 29.3 Å². The number of ketones is 1.